The smallest absolute Gasteiger partial charge is 0.262 e. The molecule has 1 unspecified atom stereocenters. The first-order valence-electron chi connectivity index (χ1n) is 12.8. The number of anilines is 2. The molecule has 0 aliphatic carbocycles. The fourth-order valence-electron chi connectivity index (χ4n) is 3.93. The molecule has 4 aromatic carbocycles. The molecule has 1 atom stereocenters. The fraction of sp³-hybridized carbons (Fsp3) is 0.0938. The third-order valence-corrected chi connectivity index (χ3v) is 7.97. The van der Waals surface area contributed by atoms with Gasteiger partial charge in [-0.1, -0.05) is 60.7 Å². The zero-order chi connectivity index (χ0) is 28.4. The molecule has 5 rings (SSSR count). The molecule has 206 valence electrons. The summed E-state index contributed by atoms with van der Waals surface area (Å²) in [5.74, 6) is 0.942. The number of nitrogens with zero attached hydrogens (tertiary/aromatic N) is 1. The molecule has 0 saturated carbocycles. The molecule has 41 heavy (non-hydrogen) atoms. The monoisotopic (exact) mass is 581 g/mol. The summed E-state index contributed by atoms with van der Waals surface area (Å²) in [4.78, 5) is 31.3. The maximum Gasteiger partial charge on any atom is 0.262 e. The van der Waals surface area contributed by atoms with Gasteiger partial charge in [0.15, 0.2) is 11.7 Å². The summed E-state index contributed by atoms with van der Waals surface area (Å²) in [6.45, 7) is -0.0902. The Balaban J connectivity index is 1.24. The van der Waals surface area contributed by atoms with Gasteiger partial charge in [0, 0.05) is 21.5 Å². The topological polar surface area (TPSA) is 89.6 Å². The molecule has 0 fully saturated rings. The Bertz CT molecular complexity index is 1590. The van der Waals surface area contributed by atoms with Crippen molar-refractivity contribution in [2.45, 2.75) is 10.1 Å². The summed E-state index contributed by atoms with van der Waals surface area (Å²) in [5.41, 5.74) is 3.19. The number of para-hydroxylation sites is 1. The predicted molar refractivity (Wildman–Crippen MR) is 165 cm³/mol. The van der Waals surface area contributed by atoms with Crippen LogP contribution >= 0.6 is 23.1 Å². The molecule has 0 bridgehead atoms. The van der Waals surface area contributed by atoms with E-state index in [1.165, 1.54) is 23.1 Å². The van der Waals surface area contributed by atoms with Crippen LogP contribution in [0, 0.1) is 0 Å². The number of thiazole rings is 1. The molecule has 0 saturated heterocycles. The second kappa shape index (κ2) is 13.6. The number of methoxy groups -OCH3 is 1. The van der Waals surface area contributed by atoms with E-state index in [9.17, 15) is 9.59 Å². The summed E-state index contributed by atoms with van der Waals surface area (Å²) in [6, 6.07) is 33.8. The highest BCUT2D eigenvalue weighted by atomic mass is 32.2. The fourth-order valence-corrected chi connectivity index (χ4v) is 5.68. The van der Waals surface area contributed by atoms with Crippen LogP contribution in [-0.2, 0) is 9.59 Å². The molecule has 0 aliphatic rings. The normalized spacial score (nSPS) is 11.3. The lowest BCUT2D eigenvalue weighted by Crippen LogP contribution is -2.20. The van der Waals surface area contributed by atoms with E-state index in [0.717, 1.165) is 27.5 Å². The van der Waals surface area contributed by atoms with Gasteiger partial charge in [-0.3, -0.25) is 9.59 Å². The van der Waals surface area contributed by atoms with Gasteiger partial charge in [-0.2, -0.15) is 0 Å². The number of hydrogen-bond donors (Lipinski definition) is 2. The van der Waals surface area contributed by atoms with Gasteiger partial charge in [-0.05, 0) is 54.1 Å². The van der Waals surface area contributed by atoms with Crippen LogP contribution in [0.1, 0.15) is 10.8 Å². The van der Waals surface area contributed by atoms with Crippen molar-refractivity contribution in [3.05, 3.63) is 120 Å². The van der Waals surface area contributed by atoms with Crippen molar-refractivity contribution in [3.63, 3.8) is 0 Å². The Labute approximate surface area is 246 Å². The number of hydrogen-bond acceptors (Lipinski definition) is 7. The molecule has 5 aromatic rings. The van der Waals surface area contributed by atoms with Crippen molar-refractivity contribution in [3.8, 4) is 22.8 Å². The summed E-state index contributed by atoms with van der Waals surface area (Å²) < 4.78 is 10.8. The van der Waals surface area contributed by atoms with E-state index in [-0.39, 0.29) is 18.4 Å². The maximum absolute atomic E-state index is 13.5. The summed E-state index contributed by atoms with van der Waals surface area (Å²) in [5, 5.41) is 7.74. The van der Waals surface area contributed by atoms with Gasteiger partial charge in [-0.15, -0.1) is 23.1 Å². The zero-order valence-electron chi connectivity index (χ0n) is 22.2. The minimum absolute atomic E-state index is 0.0902. The molecule has 1 heterocycles. The molecule has 1 aromatic heterocycles. The van der Waals surface area contributed by atoms with Crippen LogP contribution in [0.2, 0.25) is 0 Å². The average Bonchev–Trinajstić information content (AvgIpc) is 3.49. The minimum Gasteiger partial charge on any atom is -0.497 e. The largest absolute Gasteiger partial charge is 0.497 e. The second-order valence-corrected chi connectivity index (χ2v) is 10.9. The lowest BCUT2D eigenvalue weighted by molar-refractivity contribution is -0.118. The zero-order valence-corrected chi connectivity index (χ0v) is 23.8. The summed E-state index contributed by atoms with van der Waals surface area (Å²) >= 11 is 2.79. The van der Waals surface area contributed by atoms with Gasteiger partial charge < -0.3 is 20.1 Å². The number of nitrogens with one attached hydrogen (secondary N) is 2. The van der Waals surface area contributed by atoms with Crippen LogP contribution in [0.15, 0.2) is 119 Å². The van der Waals surface area contributed by atoms with Crippen molar-refractivity contribution in [1.29, 1.82) is 0 Å². The maximum atomic E-state index is 13.5. The lowest BCUT2D eigenvalue weighted by atomic mass is 10.1. The minimum atomic E-state index is -0.514. The predicted octanol–water partition coefficient (Wildman–Crippen LogP) is 7.31. The van der Waals surface area contributed by atoms with E-state index < -0.39 is 5.25 Å². The van der Waals surface area contributed by atoms with E-state index in [2.05, 4.69) is 15.6 Å². The lowest BCUT2D eigenvalue weighted by Gasteiger charge is -2.16. The van der Waals surface area contributed by atoms with E-state index >= 15 is 0 Å². The molecule has 0 spiro atoms. The highest BCUT2D eigenvalue weighted by Crippen LogP contribution is 2.37. The van der Waals surface area contributed by atoms with Gasteiger partial charge >= 0.3 is 0 Å². The Hall–Kier alpha value is -4.60. The van der Waals surface area contributed by atoms with E-state index in [1.807, 2.05) is 102 Å². The average molecular weight is 582 g/mol. The number of carbonyl (C=O) groups excluding carboxylic acids is 2. The second-order valence-electron chi connectivity index (χ2n) is 8.84. The van der Waals surface area contributed by atoms with Crippen molar-refractivity contribution >= 4 is 45.7 Å². The van der Waals surface area contributed by atoms with Gasteiger partial charge in [0.1, 0.15) is 16.7 Å². The first kappa shape index (κ1) is 27.9. The first-order valence-corrected chi connectivity index (χ1v) is 14.5. The Morgan fingerprint density at radius 3 is 2.29 bits per heavy atom. The van der Waals surface area contributed by atoms with Crippen molar-refractivity contribution in [2.24, 2.45) is 0 Å². The van der Waals surface area contributed by atoms with Gasteiger partial charge in [0.05, 0.1) is 12.8 Å². The number of rotatable bonds is 11. The molecule has 9 heteroatoms. The quantitative estimate of drug-likeness (QED) is 0.159. The Morgan fingerprint density at radius 2 is 1.56 bits per heavy atom. The van der Waals surface area contributed by atoms with Crippen LogP contribution in [0.25, 0.3) is 11.3 Å². The van der Waals surface area contributed by atoms with Crippen LogP contribution in [0.5, 0.6) is 11.5 Å². The van der Waals surface area contributed by atoms with Crippen molar-refractivity contribution in [2.75, 3.05) is 24.4 Å². The van der Waals surface area contributed by atoms with E-state index in [1.54, 1.807) is 19.2 Å². The first-order chi connectivity index (χ1) is 20.1. The van der Waals surface area contributed by atoms with E-state index in [4.69, 9.17) is 9.47 Å². The van der Waals surface area contributed by atoms with Crippen LogP contribution in [-0.4, -0.2) is 30.5 Å². The van der Waals surface area contributed by atoms with Gasteiger partial charge in [0.25, 0.3) is 5.91 Å². The van der Waals surface area contributed by atoms with Crippen LogP contribution in [0.3, 0.4) is 0 Å². The molecule has 0 radical (unpaired) electrons. The molecule has 7 nitrogen and oxygen atoms in total. The highest BCUT2D eigenvalue weighted by Gasteiger charge is 2.23. The number of amides is 2. The number of ether oxygens (including phenoxy) is 2. The number of aromatic nitrogens is 1. The molecule has 2 N–H and O–H groups in total. The molecule has 0 aliphatic heterocycles. The standard InChI is InChI=1S/C32H27N3O4S2/c1-38-26-14-8-11-23(19-26)28-21-40-32(34-28)35-31(37)30(22-9-4-2-5-10-22)41-27-17-15-24(16-18-27)33-29(36)20-39-25-12-6-3-7-13-25/h2-19,21,30H,20H2,1H3,(H,33,36)(H,34,35,37). The summed E-state index contributed by atoms with van der Waals surface area (Å²) in [7, 11) is 1.62. The Kier molecular flexibility index (Phi) is 9.30. The number of carbonyl (C=O) groups is 2. The number of thioether (sulfide) groups is 1. The third kappa shape index (κ3) is 7.75. The SMILES string of the molecule is COc1cccc(-c2csc(NC(=O)C(Sc3ccc(NC(=O)COc4ccccc4)cc3)c3ccccc3)n2)c1. The van der Waals surface area contributed by atoms with Crippen molar-refractivity contribution in [1.82, 2.24) is 4.98 Å². The molecular formula is C32H27N3O4S2. The highest BCUT2D eigenvalue weighted by molar-refractivity contribution is 8.00. The number of benzene rings is 4. The van der Waals surface area contributed by atoms with Crippen molar-refractivity contribution < 1.29 is 19.1 Å². The molecular weight excluding hydrogens is 555 g/mol. The van der Waals surface area contributed by atoms with Gasteiger partial charge in [0.2, 0.25) is 5.91 Å². The van der Waals surface area contributed by atoms with Gasteiger partial charge in [-0.25, -0.2) is 4.98 Å². The van der Waals surface area contributed by atoms with E-state index in [0.29, 0.717) is 16.6 Å². The molecule has 2 amide bonds. The Morgan fingerprint density at radius 1 is 0.854 bits per heavy atom. The summed E-state index contributed by atoms with van der Waals surface area (Å²) in [6.07, 6.45) is 0. The third-order valence-electron chi connectivity index (χ3n) is 5.95. The van der Waals surface area contributed by atoms with Crippen LogP contribution in [0.4, 0.5) is 10.8 Å². The van der Waals surface area contributed by atoms with Crippen LogP contribution < -0.4 is 20.1 Å².